The van der Waals surface area contributed by atoms with Gasteiger partial charge in [-0.3, -0.25) is 0 Å². The van der Waals surface area contributed by atoms with E-state index < -0.39 is 9.84 Å². The first kappa shape index (κ1) is 12.0. The Morgan fingerprint density at radius 3 is 2.27 bits per heavy atom. The summed E-state index contributed by atoms with van der Waals surface area (Å²) < 4.78 is 24.2. The van der Waals surface area contributed by atoms with Gasteiger partial charge in [-0.25, -0.2) is 8.42 Å². The molecule has 0 bridgehead atoms. The summed E-state index contributed by atoms with van der Waals surface area (Å²) >= 11 is 0. The fraction of sp³-hybridized carbons (Fsp3) is 0.333. The van der Waals surface area contributed by atoms with Crippen LogP contribution in [0.15, 0.2) is 46.2 Å². The highest BCUT2D eigenvalue weighted by Crippen LogP contribution is 2.21. The van der Waals surface area contributed by atoms with Crippen LogP contribution >= 0.6 is 0 Å². The number of benzene rings is 1. The fourth-order valence-corrected chi connectivity index (χ4v) is 3.01. The van der Waals surface area contributed by atoms with Crippen LogP contribution in [-0.4, -0.2) is 8.42 Å². The molecule has 82 valence electrons. The lowest BCUT2D eigenvalue weighted by molar-refractivity contribution is 0.600. The molecule has 0 aliphatic heterocycles. The van der Waals surface area contributed by atoms with Crippen LogP contribution in [0.3, 0.4) is 0 Å². The summed E-state index contributed by atoms with van der Waals surface area (Å²) in [6.45, 7) is 3.80. The lowest BCUT2D eigenvalue weighted by Gasteiger charge is -2.06. The van der Waals surface area contributed by atoms with Crippen LogP contribution in [0.5, 0.6) is 0 Å². The zero-order chi connectivity index (χ0) is 11.3. The molecule has 1 aromatic rings. The van der Waals surface area contributed by atoms with E-state index in [2.05, 4.69) is 0 Å². The van der Waals surface area contributed by atoms with Crippen molar-refractivity contribution in [2.75, 3.05) is 0 Å². The van der Waals surface area contributed by atoms with Crippen LogP contribution in [0, 0.1) is 0 Å². The number of hydrogen-bond donors (Lipinski definition) is 0. The summed E-state index contributed by atoms with van der Waals surface area (Å²) in [5.74, 6) is 0. The average molecular weight is 224 g/mol. The molecule has 1 rings (SSSR count). The van der Waals surface area contributed by atoms with Crippen LogP contribution in [0.2, 0.25) is 0 Å². The molecular weight excluding hydrogens is 208 g/mol. The largest absolute Gasteiger partial charge is 0.219 e. The second-order valence-corrected chi connectivity index (χ2v) is 5.25. The van der Waals surface area contributed by atoms with Gasteiger partial charge in [-0.05, 0) is 25.0 Å². The molecule has 3 heteroatoms. The fourth-order valence-electron chi connectivity index (χ4n) is 1.42. The van der Waals surface area contributed by atoms with Crippen molar-refractivity contribution in [2.45, 2.75) is 31.6 Å². The highest BCUT2D eigenvalue weighted by Gasteiger charge is 2.17. The molecule has 0 aromatic heterocycles. The van der Waals surface area contributed by atoms with Crippen LogP contribution in [0.4, 0.5) is 0 Å². The monoisotopic (exact) mass is 224 g/mol. The topological polar surface area (TPSA) is 34.1 Å². The van der Waals surface area contributed by atoms with Crippen molar-refractivity contribution in [1.29, 1.82) is 0 Å². The lowest BCUT2D eigenvalue weighted by atomic mass is 10.3. The summed E-state index contributed by atoms with van der Waals surface area (Å²) in [5, 5.41) is 0. The average Bonchev–Trinajstić information content (AvgIpc) is 2.27. The number of hydrogen-bond acceptors (Lipinski definition) is 2. The number of rotatable bonds is 4. The number of allylic oxidation sites excluding steroid dienone is 2. The quantitative estimate of drug-likeness (QED) is 0.787. The van der Waals surface area contributed by atoms with Gasteiger partial charge in [-0.15, -0.1) is 0 Å². The van der Waals surface area contributed by atoms with Crippen LogP contribution < -0.4 is 0 Å². The van der Waals surface area contributed by atoms with Gasteiger partial charge in [0.2, 0.25) is 9.84 Å². The van der Waals surface area contributed by atoms with Gasteiger partial charge in [0.15, 0.2) is 0 Å². The molecule has 0 aliphatic carbocycles. The van der Waals surface area contributed by atoms with Crippen molar-refractivity contribution in [3.8, 4) is 0 Å². The molecule has 2 nitrogen and oxygen atoms in total. The Morgan fingerprint density at radius 1 is 1.20 bits per heavy atom. The molecular formula is C12H16O2S. The van der Waals surface area contributed by atoms with Crippen molar-refractivity contribution < 1.29 is 8.42 Å². The molecule has 0 unspecified atom stereocenters. The van der Waals surface area contributed by atoms with E-state index in [1.165, 1.54) is 0 Å². The van der Waals surface area contributed by atoms with Gasteiger partial charge >= 0.3 is 0 Å². The van der Waals surface area contributed by atoms with Crippen molar-refractivity contribution >= 4 is 9.84 Å². The van der Waals surface area contributed by atoms with Gasteiger partial charge in [0, 0.05) is 4.91 Å². The van der Waals surface area contributed by atoms with Gasteiger partial charge in [-0.1, -0.05) is 38.1 Å². The summed E-state index contributed by atoms with van der Waals surface area (Å²) in [4.78, 5) is 0.891. The normalized spacial score (nSPS) is 12.8. The Kier molecular flexibility index (Phi) is 4.09. The summed E-state index contributed by atoms with van der Waals surface area (Å²) in [6.07, 6.45) is 3.07. The van der Waals surface area contributed by atoms with Crippen LogP contribution in [-0.2, 0) is 9.84 Å². The van der Waals surface area contributed by atoms with Crippen LogP contribution in [0.1, 0.15) is 26.7 Å². The molecule has 0 atom stereocenters. The Balaban J connectivity index is 3.19. The molecule has 0 aliphatic rings. The molecule has 0 N–H and O–H groups in total. The Morgan fingerprint density at radius 2 is 1.80 bits per heavy atom. The van der Waals surface area contributed by atoms with E-state index in [1.807, 2.05) is 19.9 Å². The standard InChI is InChI=1S/C12H16O2S/c1-3-8-11(4-2)15(13,14)12-9-6-5-7-10-12/h5-10H,3-4H2,1-2H3/b11-8-. The molecule has 0 radical (unpaired) electrons. The minimum atomic E-state index is -3.25. The van der Waals surface area contributed by atoms with Crippen molar-refractivity contribution in [1.82, 2.24) is 0 Å². The predicted molar refractivity (Wildman–Crippen MR) is 62.3 cm³/mol. The maximum Gasteiger partial charge on any atom is 0.202 e. The first-order chi connectivity index (χ1) is 7.12. The molecule has 0 fully saturated rings. The zero-order valence-electron chi connectivity index (χ0n) is 9.10. The predicted octanol–water partition coefficient (Wildman–Crippen LogP) is 3.16. The second kappa shape index (κ2) is 5.12. The maximum atomic E-state index is 12.1. The molecule has 0 heterocycles. The molecule has 1 aromatic carbocycles. The minimum Gasteiger partial charge on any atom is -0.219 e. The summed E-state index contributed by atoms with van der Waals surface area (Å²) in [5.41, 5.74) is 0. The third-order valence-electron chi connectivity index (χ3n) is 2.18. The maximum absolute atomic E-state index is 12.1. The van der Waals surface area contributed by atoms with Crippen LogP contribution in [0.25, 0.3) is 0 Å². The summed E-state index contributed by atoms with van der Waals surface area (Å²) in [6, 6.07) is 8.56. The van der Waals surface area contributed by atoms with Gasteiger partial charge < -0.3 is 0 Å². The highest BCUT2D eigenvalue weighted by molar-refractivity contribution is 7.95. The Hall–Kier alpha value is -1.09. The smallest absolute Gasteiger partial charge is 0.202 e. The molecule has 0 spiro atoms. The van der Waals surface area contributed by atoms with E-state index in [1.54, 1.807) is 30.3 Å². The lowest BCUT2D eigenvalue weighted by Crippen LogP contribution is -2.04. The van der Waals surface area contributed by atoms with Crippen molar-refractivity contribution in [2.24, 2.45) is 0 Å². The first-order valence-corrected chi connectivity index (χ1v) is 6.60. The SMILES string of the molecule is CC/C=C(/CC)S(=O)(=O)c1ccccc1. The molecule has 0 amide bonds. The third-order valence-corrected chi connectivity index (χ3v) is 4.22. The third kappa shape index (κ3) is 2.69. The number of sulfone groups is 1. The van der Waals surface area contributed by atoms with Gasteiger partial charge in [0.25, 0.3) is 0 Å². The first-order valence-electron chi connectivity index (χ1n) is 5.12. The van der Waals surface area contributed by atoms with Gasteiger partial charge in [0.05, 0.1) is 4.90 Å². The van der Waals surface area contributed by atoms with E-state index in [-0.39, 0.29) is 0 Å². The van der Waals surface area contributed by atoms with E-state index in [4.69, 9.17) is 0 Å². The van der Waals surface area contributed by atoms with E-state index in [0.717, 1.165) is 6.42 Å². The molecule has 15 heavy (non-hydrogen) atoms. The molecule has 0 saturated heterocycles. The Labute approximate surface area is 91.6 Å². The Bertz CT molecular complexity index is 430. The van der Waals surface area contributed by atoms with Crippen molar-refractivity contribution in [3.63, 3.8) is 0 Å². The van der Waals surface area contributed by atoms with Gasteiger partial charge in [-0.2, -0.15) is 0 Å². The zero-order valence-corrected chi connectivity index (χ0v) is 9.92. The summed E-state index contributed by atoms with van der Waals surface area (Å²) in [7, 11) is -3.25. The minimum absolute atomic E-state index is 0.381. The molecule has 0 saturated carbocycles. The van der Waals surface area contributed by atoms with Crippen molar-refractivity contribution in [3.05, 3.63) is 41.3 Å². The van der Waals surface area contributed by atoms with E-state index >= 15 is 0 Å². The highest BCUT2D eigenvalue weighted by atomic mass is 32.2. The van der Waals surface area contributed by atoms with Gasteiger partial charge in [0.1, 0.15) is 0 Å². The second-order valence-electron chi connectivity index (χ2n) is 3.25. The van der Waals surface area contributed by atoms with E-state index in [9.17, 15) is 8.42 Å². The van der Waals surface area contributed by atoms with E-state index in [0.29, 0.717) is 16.2 Å².